The van der Waals surface area contributed by atoms with Gasteiger partial charge >= 0.3 is 0 Å². The number of anilines is 2. The Morgan fingerprint density at radius 2 is 1.81 bits per heavy atom. The fourth-order valence-electron chi connectivity index (χ4n) is 2.51. The van der Waals surface area contributed by atoms with Crippen LogP contribution in [0.1, 0.15) is 23.0 Å². The van der Waals surface area contributed by atoms with Gasteiger partial charge < -0.3 is 15.2 Å². The summed E-state index contributed by atoms with van der Waals surface area (Å²) in [6, 6.07) is 13.1. The van der Waals surface area contributed by atoms with Crippen molar-refractivity contribution in [3.05, 3.63) is 65.7 Å². The van der Waals surface area contributed by atoms with Crippen molar-refractivity contribution in [3.63, 3.8) is 0 Å². The van der Waals surface area contributed by atoms with Crippen molar-refractivity contribution in [2.24, 2.45) is 0 Å². The lowest BCUT2D eigenvalue weighted by atomic mass is 10.1. The molecule has 0 saturated heterocycles. The molecule has 0 spiro atoms. The molecule has 3 rings (SSSR count). The highest BCUT2D eigenvalue weighted by Crippen LogP contribution is 2.27. The number of halogens is 1. The zero-order valence-corrected chi connectivity index (χ0v) is 14.2. The molecule has 0 atom stereocenters. The number of hydrogen-bond acceptors (Lipinski definition) is 4. The summed E-state index contributed by atoms with van der Waals surface area (Å²) < 4.78 is 18.9. The third kappa shape index (κ3) is 3.61. The number of carbonyl (C=O) groups excluding carboxylic acids is 2. The molecular weight excluding hydrogens is 337 g/mol. The van der Waals surface area contributed by atoms with E-state index < -0.39 is 17.6 Å². The molecule has 26 heavy (non-hydrogen) atoms. The summed E-state index contributed by atoms with van der Waals surface area (Å²) in [5.74, 6) is -1.08. The predicted molar refractivity (Wildman–Crippen MR) is 95.3 cm³/mol. The number of hydrogen-bond donors (Lipinski definition) is 2. The summed E-state index contributed by atoms with van der Waals surface area (Å²) in [5.41, 5.74) is 1.78. The second-order valence-corrected chi connectivity index (χ2v) is 5.66. The van der Waals surface area contributed by atoms with Gasteiger partial charge in [-0.05, 0) is 25.1 Å². The first kappa shape index (κ1) is 17.3. The Morgan fingerprint density at radius 3 is 2.50 bits per heavy atom. The van der Waals surface area contributed by atoms with E-state index in [1.54, 1.807) is 6.92 Å². The van der Waals surface area contributed by atoms with Gasteiger partial charge in [-0.1, -0.05) is 35.5 Å². The quantitative estimate of drug-likeness (QED) is 0.742. The number of aryl methyl sites for hydroxylation is 1. The van der Waals surface area contributed by atoms with Crippen LogP contribution in [0.15, 0.2) is 53.1 Å². The van der Waals surface area contributed by atoms with E-state index in [0.29, 0.717) is 22.7 Å². The number of aromatic nitrogens is 1. The zero-order chi connectivity index (χ0) is 18.7. The fourth-order valence-corrected chi connectivity index (χ4v) is 2.51. The highest BCUT2D eigenvalue weighted by Gasteiger charge is 2.22. The Bertz CT molecular complexity index is 967. The minimum Gasteiger partial charge on any atom is -0.360 e. The normalized spacial score (nSPS) is 10.4. The van der Waals surface area contributed by atoms with Crippen LogP contribution in [0.5, 0.6) is 0 Å². The molecule has 0 radical (unpaired) electrons. The van der Waals surface area contributed by atoms with Crippen LogP contribution in [0.25, 0.3) is 11.3 Å². The first-order chi connectivity index (χ1) is 12.5. The molecule has 0 saturated carbocycles. The largest absolute Gasteiger partial charge is 0.360 e. The molecule has 2 amide bonds. The Morgan fingerprint density at radius 1 is 1.08 bits per heavy atom. The molecular formula is C19H16FN3O3. The van der Waals surface area contributed by atoms with E-state index in [2.05, 4.69) is 15.8 Å². The highest BCUT2D eigenvalue weighted by molar-refractivity contribution is 6.09. The topological polar surface area (TPSA) is 84.2 Å². The summed E-state index contributed by atoms with van der Waals surface area (Å²) >= 11 is 0. The lowest BCUT2D eigenvalue weighted by molar-refractivity contribution is -0.114. The predicted octanol–water partition coefficient (Wildman–Crippen LogP) is 4.00. The number of benzene rings is 2. The highest BCUT2D eigenvalue weighted by atomic mass is 19.1. The molecule has 132 valence electrons. The first-order valence-corrected chi connectivity index (χ1v) is 7.86. The number of nitrogens with one attached hydrogen (secondary N) is 2. The second-order valence-electron chi connectivity index (χ2n) is 5.66. The van der Waals surface area contributed by atoms with Crippen molar-refractivity contribution in [1.82, 2.24) is 5.16 Å². The van der Waals surface area contributed by atoms with Crippen LogP contribution in [0.2, 0.25) is 0 Å². The maximum absolute atomic E-state index is 13.7. The van der Waals surface area contributed by atoms with Gasteiger partial charge in [0.25, 0.3) is 5.91 Å². The maximum Gasteiger partial charge on any atom is 0.261 e. The van der Waals surface area contributed by atoms with Gasteiger partial charge in [-0.3, -0.25) is 9.59 Å². The van der Waals surface area contributed by atoms with Crippen molar-refractivity contribution in [2.75, 3.05) is 10.6 Å². The van der Waals surface area contributed by atoms with Crippen molar-refractivity contribution in [1.29, 1.82) is 0 Å². The molecule has 0 aliphatic carbocycles. The van der Waals surface area contributed by atoms with Crippen LogP contribution in [-0.4, -0.2) is 17.0 Å². The van der Waals surface area contributed by atoms with Crippen LogP contribution in [-0.2, 0) is 4.79 Å². The fraction of sp³-hybridized carbons (Fsp3) is 0.105. The van der Waals surface area contributed by atoms with Crippen molar-refractivity contribution < 1.29 is 18.5 Å². The molecule has 0 aliphatic rings. The van der Waals surface area contributed by atoms with E-state index in [1.807, 2.05) is 30.3 Å². The summed E-state index contributed by atoms with van der Waals surface area (Å²) in [6.45, 7) is 2.92. The second kappa shape index (κ2) is 7.18. The van der Waals surface area contributed by atoms with Crippen molar-refractivity contribution in [2.45, 2.75) is 13.8 Å². The van der Waals surface area contributed by atoms with Crippen molar-refractivity contribution >= 4 is 23.2 Å². The van der Waals surface area contributed by atoms with E-state index in [0.717, 1.165) is 5.56 Å². The Hall–Kier alpha value is -3.48. The first-order valence-electron chi connectivity index (χ1n) is 7.86. The molecule has 0 unspecified atom stereocenters. The Labute approximate surface area is 149 Å². The molecule has 0 bridgehead atoms. The van der Waals surface area contributed by atoms with E-state index in [4.69, 9.17) is 4.52 Å². The molecule has 3 aromatic rings. The molecule has 1 heterocycles. The molecule has 6 nitrogen and oxygen atoms in total. The summed E-state index contributed by atoms with van der Waals surface area (Å²) in [4.78, 5) is 23.9. The van der Waals surface area contributed by atoms with Crippen LogP contribution in [0.3, 0.4) is 0 Å². The van der Waals surface area contributed by atoms with Crippen LogP contribution in [0, 0.1) is 12.7 Å². The average Bonchev–Trinajstić information content (AvgIpc) is 3.00. The van der Waals surface area contributed by atoms with Gasteiger partial charge in [0.2, 0.25) is 5.91 Å². The maximum atomic E-state index is 13.7. The van der Waals surface area contributed by atoms with Gasteiger partial charge in [-0.25, -0.2) is 4.39 Å². The molecule has 2 aromatic carbocycles. The summed E-state index contributed by atoms with van der Waals surface area (Å²) in [6.07, 6.45) is 0. The monoisotopic (exact) mass is 353 g/mol. The molecule has 0 aliphatic heterocycles. The Balaban J connectivity index is 1.90. The van der Waals surface area contributed by atoms with Crippen LogP contribution < -0.4 is 10.6 Å². The summed E-state index contributed by atoms with van der Waals surface area (Å²) in [7, 11) is 0. The van der Waals surface area contributed by atoms with Gasteiger partial charge in [0.1, 0.15) is 22.8 Å². The SMILES string of the molecule is CC(=O)Nc1cc(NC(=O)c2c(-c3ccccc3)noc2C)ccc1F. The molecule has 2 N–H and O–H groups in total. The zero-order valence-electron chi connectivity index (χ0n) is 14.2. The minimum absolute atomic E-state index is 0.0133. The van der Waals surface area contributed by atoms with Crippen molar-refractivity contribution in [3.8, 4) is 11.3 Å². The number of rotatable bonds is 4. The van der Waals surface area contributed by atoms with E-state index in [9.17, 15) is 14.0 Å². The van der Waals surface area contributed by atoms with Gasteiger partial charge in [0.15, 0.2) is 0 Å². The molecule has 7 heteroatoms. The van der Waals surface area contributed by atoms with Gasteiger partial charge in [-0.15, -0.1) is 0 Å². The average molecular weight is 353 g/mol. The minimum atomic E-state index is -0.593. The van der Waals surface area contributed by atoms with E-state index in [-0.39, 0.29) is 5.69 Å². The van der Waals surface area contributed by atoms with E-state index >= 15 is 0 Å². The van der Waals surface area contributed by atoms with Crippen LogP contribution >= 0.6 is 0 Å². The number of amides is 2. The van der Waals surface area contributed by atoms with Crippen LogP contribution in [0.4, 0.5) is 15.8 Å². The van der Waals surface area contributed by atoms with Gasteiger partial charge in [0.05, 0.1) is 5.69 Å². The lowest BCUT2D eigenvalue weighted by Gasteiger charge is -2.09. The summed E-state index contributed by atoms with van der Waals surface area (Å²) in [5, 5.41) is 9.02. The third-order valence-corrected chi connectivity index (χ3v) is 3.67. The Kier molecular flexibility index (Phi) is 4.79. The third-order valence-electron chi connectivity index (χ3n) is 3.67. The van der Waals surface area contributed by atoms with Gasteiger partial charge in [0, 0.05) is 18.2 Å². The van der Waals surface area contributed by atoms with Gasteiger partial charge in [-0.2, -0.15) is 0 Å². The number of nitrogens with zero attached hydrogens (tertiary/aromatic N) is 1. The number of carbonyl (C=O) groups is 2. The lowest BCUT2D eigenvalue weighted by Crippen LogP contribution is -2.14. The smallest absolute Gasteiger partial charge is 0.261 e. The molecule has 0 fully saturated rings. The molecule has 1 aromatic heterocycles. The van der Waals surface area contributed by atoms with E-state index in [1.165, 1.54) is 25.1 Å². The standard InChI is InChI=1S/C19H16FN3O3/c1-11-17(18(23-26-11)13-6-4-3-5-7-13)19(25)22-14-8-9-15(20)16(10-14)21-12(2)24/h3-10H,1-2H3,(H,21,24)(H,22,25).